The van der Waals surface area contributed by atoms with Crippen molar-refractivity contribution in [3.8, 4) is 11.8 Å². The predicted octanol–water partition coefficient (Wildman–Crippen LogP) is 4.60. The number of ether oxygens (including phenoxy) is 1. The fourth-order valence-corrected chi connectivity index (χ4v) is 4.05. The number of piperidine rings is 1. The second kappa shape index (κ2) is 7.51. The van der Waals surface area contributed by atoms with Crippen molar-refractivity contribution in [1.82, 2.24) is 4.90 Å². The second-order valence-corrected chi connectivity index (χ2v) is 8.75. The van der Waals surface area contributed by atoms with Gasteiger partial charge in [-0.25, -0.2) is 0 Å². The molecule has 0 N–H and O–H groups in total. The Morgan fingerprint density at radius 2 is 1.96 bits per heavy atom. The molecule has 1 fully saturated rings. The molecule has 0 unspecified atom stereocenters. The molecule has 1 saturated heterocycles. The fraction of sp³-hybridized carbons (Fsp3) is 0.429. The van der Waals surface area contributed by atoms with Gasteiger partial charge >= 0.3 is 0 Å². The molecule has 5 heteroatoms. The summed E-state index contributed by atoms with van der Waals surface area (Å²) in [4.78, 5) is 16.7. The number of rotatable bonds is 3. The van der Waals surface area contributed by atoms with Crippen molar-refractivity contribution in [3.05, 3.63) is 51.7 Å². The molecule has 1 aromatic heterocycles. The van der Waals surface area contributed by atoms with E-state index in [2.05, 4.69) is 32.9 Å². The van der Waals surface area contributed by atoms with Crippen LogP contribution in [0.1, 0.15) is 53.7 Å². The quantitative estimate of drug-likeness (QED) is 0.795. The molecular formula is C21H24N2O2S. The van der Waals surface area contributed by atoms with Gasteiger partial charge in [-0.1, -0.05) is 26.8 Å². The molecule has 0 atom stereocenters. The Morgan fingerprint density at radius 1 is 1.23 bits per heavy atom. The summed E-state index contributed by atoms with van der Waals surface area (Å²) in [6.45, 7) is 7.89. The summed E-state index contributed by atoms with van der Waals surface area (Å²) in [6, 6.07) is 13.4. The number of hydrogen-bond donors (Lipinski definition) is 0. The highest BCUT2D eigenvalue weighted by atomic mass is 32.1. The Hall–Kier alpha value is -2.32. The number of nitriles is 1. The summed E-state index contributed by atoms with van der Waals surface area (Å²) >= 11 is 1.60. The lowest BCUT2D eigenvalue weighted by Crippen LogP contribution is -2.41. The summed E-state index contributed by atoms with van der Waals surface area (Å²) in [6.07, 6.45) is 1.70. The smallest absolute Gasteiger partial charge is 0.263 e. The van der Waals surface area contributed by atoms with Gasteiger partial charge in [0.25, 0.3) is 5.91 Å². The maximum atomic E-state index is 12.7. The first-order valence-corrected chi connectivity index (χ1v) is 9.75. The van der Waals surface area contributed by atoms with Gasteiger partial charge in [0.1, 0.15) is 11.9 Å². The molecule has 1 amide bonds. The minimum absolute atomic E-state index is 0.0714. The van der Waals surface area contributed by atoms with E-state index in [1.807, 2.05) is 23.1 Å². The van der Waals surface area contributed by atoms with Crippen LogP contribution in [0.15, 0.2) is 36.4 Å². The standard InChI is InChI=1S/C21H24N2O2S/c1-21(2,3)19-8-7-18(26-19)20(24)23-11-9-16(10-12-23)25-17-6-4-5-15(13-17)14-22/h4-8,13,16H,9-12H2,1-3H3. The lowest BCUT2D eigenvalue weighted by Gasteiger charge is -2.32. The van der Waals surface area contributed by atoms with Gasteiger partial charge in [-0.05, 0) is 35.7 Å². The number of thiophene rings is 1. The molecular weight excluding hydrogens is 344 g/mol. The highest BCUT2D eigenvalue weighted by Crippen LogP contribution is 2.30. The van der Waals surface area contributed by atoms with Crippen LogP contribution in [0.3, 0.4) is 0 Å². The van der Waals surface area contributed by atoms with Gasteiger partial charge in [-0.3, -0.25) is 4.79 Å². The molecule has 0 saturated carbocycles. The third-order valence-corrected chi connectivity index (χ3v) is 6.05. The highest BCUT2D eigenvalue weighted by Gasteiger charge is 2.26. The average molecular weight is 369 g/mol. The SMILES string of the molecule is CC(C)(C)c1ccc(C(=O)N2CCC(Oc3cccc(C#N)c3)CC2)s1. The maximum Gasteiger partial charge on any atom is 0.263 e. The third-order valence-electron chi connectivity index (χ3n) is 4.55. The van der Waals surface area contributed by atoms with E-state index in [-0.39, 0.29) is 17.4 Å². The normalized spacial score (nSPS) is 15.5. The molecule has 0 radical (unpaired) electrons. The van der Waals surface area contributed by atoms with Crippen molar-refractivity contribution in [2.45, 2.75) is 45.1 Å². The van der Waals surface area contributed by atoms with Crippen LogP contribution in [0.2, 0.25) is 0 Å². The Kier molecular flexibility index (Phi) is 5.33. The first kappa shape index (κ1) is 18.5. The van der Waals surface area contributed by atoms with E-state index < -0.39 is 0 Å². The van der Waals surface area contributed by atoms with E-state index >= 15 is 0 Å². The summed E-state index contributed by atoms with van der Waals surface area (Å²) in [5.41, 5.74) is 0.671. The third kappa shape index (κ3) is 4.25. The molecule has 1 aromatic carbocycles. The number of likely N-dealkylation sites (tertiary alicyclic amines) is 1. The predicted molar refractivity (Wildman–Crippen MR) is 104 cm³/mol. The highest BCUT2D eigenvalue weighted by molar-refractivity contribution is 7.14. The zero-order valence-corrected chi connectivity index (χ0v) is 16.3. The van der Waals surface area contributed by atoms with Gasteiger partial charge in [0.2, 0.25) is 0 Å². The molecule has 0 spiro atoms. The summed E-state index contributed by atoms with van der Waals surface area (Å²) < 4.78 is 5.99. The number of carbonyl (C=O) groups excluding carboxylic acids is 1. The van der Waals surface area contributed by atoms with Crippen LogP contribution in [0.5, 0.6) is 5.75 Å². The zero-order valence-electron chi connectivity index (χ0n) is 15.5. The molecule has 0 aliphatic carbocycles. The Balaban J connectivity index is 1.57. The van der Waals surface area contributed by atoms with Gasteiger partial charge in [-0.2, -0.15) is 5.26 Å². The van der Waals surface area contributed by atoms with Gasteiger partial charge in [-0.15, -0.1) is 11.3 Å². The Bertz CT molecular complexity index is 821. The molecule has 4 nitrogen and oxygen atoms in total. The maximum absolute atomic E-state index is 12.7. The largest absolute Gasteiger partial charge is 0.490 e. The fourth-order valence-electron chi connectivity index (χ4n) is 3.02. The molecule has 0 bridgehead atoms. The van der Waals surface area contributed by atoms with E-state index in [9.17, 15) is 4.79 Å². The van der Waals surface area contributed by atoms with Crippen molar-refractivity contribution in [3.63, 3.8) is 0 Å². The van der Waals surface area contributed by atoms with E-state index in [1.54, 1.807) is 23.5 Å². The molecule has 2 aromatic rings. The molecule has 136 valence electrons. The first-order chi connectivity index (χ1) is 12.4. The van der Waals surface area contributed by atoms with Crippen LogP contribution < -0.4 is 4.74 Å². The number of carbonyl (C=O) groups is 1. The topological polar surface area (TPSA) is 53.3 Å². The molecule has 1 aliphatic rings. The minimum atomic E-state index is 0.0714. The Morgan fingerprint density at radius 3 is 2.58 bits per heavy atom. The monoisotopic (exact) mass is 368 g/mol. The van der Waals surface area contributed by atoms with Crippen molar-refractivity contribution in [1.29, 1.82) is 5.26 Å². The molecule has 26 heavy (non-hydrogen) atoms. The van der Waals surface area contributed by atoms with Gasteiger partial charge in [0.15, 0.2) is 0 Å². The number of hydrogen-bond acceptors (Lipinski definition) is 4. The number of benzene rings is 1. The molecule has 2 heterocycles. The van der Waals surface area contributed by atoms with Crippen molar-refractivity contribution in [2.24, 2.45) is 0 Å². The van der Waals surface area contributed by atoms with Gasteiger partial charge in [0, 0.05) is 30.8 Å². The first-order valence-electron chi connectivity index (χ1n) is 8.93. The van der Waals surface area contributed by atoms with Crippen LogP contribution >= 0.6 is 11.3 Å². The van der Waals surface area contributed by atoms with Crippen LogP contribution in [0.25, 0.3) is 0 Å². The van der Waals surface area contributed by atoms with Crippen LogP contribution in [0, 0.1) is 11.3 Å². The van der Waals surface area contributed by atoms with Crippen LogP contribution in [-0.2, 0) is 5.41 Å². The lowest BCUT2D eigenvalue weighted by atomic mass is 9.95. The second-order valence-electron chi connectivity index (χ2n) is 7.66. The Labute approximate surface area is 159 Å². The van der Waals surface area contributed by atoms with Gasteiger partial charge < -0.3 is 9.64 Å². The average Bonchev–Trinajstić information content (AvgIpc) is 3.12. The van der Waals surface area contributed by atoms with Crippen LogP contribution in [0.4, 0.5) is 0 Å². The number of nitrogens with zero attached hydrogens (tertiary/aromatic N) is 2. The van der Waals surface area contributed by atoms with E-state index in [1.165, 1.54) is 4.88 Å². The van der Waals surface area contributed by atoms with Crippen molar-refractivity contribution in [2.75, 3.05) is 13.1 Å². The van der Waals surface area contributed by atoms with E-state index in [4.69, 9.17) is 10.00 Å². The lowest BCUT2D eigenvalue weighted by molar-refractivity contribution is 0.0600. The zero-order chi connectivity index (χ0) is 18.7. The minimum Gasteiger partial charge on any atom is -0.490 e. The summed E-state index contributed by atoms with van der Waals surface area (Å²) in [5.74, 6) is 0.845. The summed E-state index contributed by atoms with van der Waals surface area (Å²) in [7, 11) is 0. The van der Waals surface area contributed by atoms with Crippen molar-refractivity contribution >= 4 is 17.2 Å². The van der Waals surface area contributed by atoms with E-state index in [0.29, 0.717) is 18.7 Å². The van der Waals surface area contributed by atoms with Gasteiger partial charge in [0.05, 0.1) is 16.5 Å². The van der Waals surface area contributed by atoms with Crippen LogP contribution in [-0.4, -0.2) is 30.0 Å². The number of amides is 1. The summed E-state index contributed by atoms with van der Waals surface area (Å²) in [5, 5.41) is 8.98. The van der Waals surface area contributed by atoms with E-state index in [0.717, 1.165) is 23.5 Å². The van der Waals surface area contributed by atoms with Crippen molar-refractivity contribution < 1.29 is 9.53 Å². The molecule has 1 aliphatic heterocycles. The molecule has 3 rings (SSSR count).